The van der Waals surface area contributed by atoms with Gasteiger partial charge in [-0.3, -0.25) is 4.98 Å². The van der Waals surface area contributed by atoms with Crippen LogP contribution in [0.15, 0.2) is 12.1 Å². The lowest BCUT2D eigenvalue weighted by molar-refractivity contribution is 0.343. The first kappa shape index (κ1) is 11.0. The van der Waals surface area contributed by atoms with Gasteiger partial charge in [0.2, 0.25) is 0 Å². The summed E-state index contributed by atoms with van der Waals surface area (Å²) in [6.45, 7) is 6.78. The second kappa shape index (κ2) is 3.69. The van der Waals surface area contributed by atoms with E-state index >= 15 is 0 Å². The summed E-state index contributed by atoms with van der Waals surface area (Å²) >= 11 is 0. The Labute approximate surface area is 104 Å². The maximum atomic E-state index is 4.84. The highest BCUT2D eigenvalue weighted by Crippen LogP contribution is 2.50. The van der Waals surface area contributed by atoms with Crippen LogP contribution in [0.3, 0.4) is 0 Å². The maximum absolute atomic E-state index is 4.84. The highest BCUT2D eigenvalue weighted by atomic mass is 14.7. The van der Waals surface area contributed by atoms with E-state index in [1.54, 1.807) is 0 Å². The number of pyridine rings is 1. The van der Waals surface area contributed by atoms with Crippen LogP contribution in [0, 0.1) is 19.3 Å². The normalized spacial score (nSPS) is 27.1. The van der Waals surface area contributed by atoms with Crippen molar-refractivity contribution in [3.05, 3.63) is 34.7 Å². The van der Waals surface area contributed by atoms with Crippen LogP contribution in [0.5, 0.6) is 0 Å². The molecular weight excluding hydrogens is 206 g/mol. The van der Waals surface area contributed by atoms with Gasteiger partial charge in [-0.25, -0.2) is 0 Å². The van der Waals surface area contributed by atoms with Crippen molar-refractivity contribution in [2.24, 2.45) is 5.41 Å². The van der Waals surface area contributed by atoms with Crippen molar-refractivity contribution in [1.82, 2.24) is 4.98 Å². The van der Waals surface area contributed by atoms with Gasteiger partial charge in [-0.2, -0.15) is 0 Å². The van der Waals surface area contributed by atoms with E-state index in [0.29, 0.717) is 5.41 Å². The number of fused-ring (bicyclic) bond motifs is 3. The number of hydrogen-bond acceptors (Lipinski definition) is 1. The van der Waals surface area contributed by atoms with Gasteiger partial charge in [0.05, 0.1) is 5.69 Å². The highest BCUT2D eigenvalue weighted by Gasteiger charge is 2.37. The van der Waals surface area contributed by atoms with Gasteiger partial charge in [-0.05, 0) is 74.1 Å². The molecule has 1 aromatic rings. The molecule has 0 bridgehead atoms. The third-order valence-electron chi connectivity index (χ3n) is 4.59. The molecule has 1 aromatic heterocycles. The number of hydrogen-bond donors (Lipinski definition) is 0. The van der Waals surface area contributed by atoms with Crippen LogP contribution in [-0.4, -0.2) is 4.98 Å². The number of aryl methyl sites for hydroxylation is 2. The van der Waals surface area contributed by atoms with Gasteiger partial charge in [-0.1, -0.05) is 13.0 Å². The molecule has 0 amide bonds. The van der Waals surface area contributed by atoms with Crippen LogP contribution in [0.25, 0.3) is 5.57 Å². The summed E-state index contributed by atoms with van der Waals surface area (Å²) < 4.78 is 0. The highest BCUT2D eigenvalue weighted by molar-refractivity contribution is 5.73. The molecule has 0 aromatic carbocycles. The zero-order valence-electron chi connectivity index (χ0n) is 11.1. The van der Waals surface area contributed by atoms with E-state index in [-0.39, 0.29) is 0 Å². The van der Waals surface area contributed by atoms with Gasteiger partial charge in [0.1, 0.15) is 0 Å². The van der Waals surface area contributed by atoms with E-state index in [0.717, 1.165) is 5.69 Å². The molecule has 0 saturated heterocycles. The van der Waals surface area contributed by atoms with Gasteiger partial charge < -0.3 is 0 Å². The van der Waals surface area contributed by atoms with Crippen molar-refractivity contribution in [1.29, 1.82) is 0 Å². The molecule has 1 nitrogen and oxygen atoms in total. The predicted octanol–water partition coefficient (Wildman–Crippen LogP) is 4.22. The maximum Gasteiger partial charge on any atom is 0.0701 e. The fourth-order valence-corrected chi connectivity index (χ4v) is 3.56. The summed E-state index contributed by atoms with van der Waals surface area (Å²) in [6, 6.07) is 2.23. The minimum Gasteiger partial charge on any atom is -0.253 e. The fraction of sp³-hybridized carbons (Fsp3) is 0.562. The molecule has 0 saturated carbocycles. The summed E-state index contributed by atoms with van der Waals surface area (Å²) in [4.78, 5) is 4.84. The van der Waals surface area contributed by atoms with Crippen LogP contribution < -0.4 is 0 Å². The molecule has 0 unspecified atom stereocenters. The van der Waals surface area contributed by atoms with E-state index in [9.17, 15) is 0 Å². The topological polar surface area (TPSA) is 12.9 Å². The summed E-state index contributed by atoms with van der Waals surface area (Å²) in [5.41, 5.74) is 7.35. The minimum absolute atomic E-state index is 0.401. The summed E-state index contributed by atoms with van der Waals surface area (Å²) in [5, 5.41) is 0. The SMILES string of the molecule is Cc1cc(C)c2c(n1)C1=CCCC[C@]1(C)CC2. The van der Waals surface area contributed by atoms with Crippen molar-refractivity contribution >= 4 is 5.57 Å². The Hall–Kier alpha value is -1.11. The molecule has 1 heteroatoms. The second-order valence-corrected chi connectivity index (χ2v) is 5.98. The van der Waals surface area contributed by atoms with E-state index < -0.39 is 0 Å². The summed E-state index contributed by atoms with van der Waals surface area (Å²) in [5.74, 6) is 0. The number of allylic oxidation sites excluding steroid dienone is 2. The monoisotopic (exact) mass is 227 g/mol. The Morgan fingerprint density at radius 2 is 2.06 bits per heavy atom. The van der Waals surface area contributed by atoms with Gasteiger partial charge >= 0.3 is 0 Å². The Morgan fingerprint density at radius 1 is 1.24 bits per heavy atom. The van der Waals surface area contributed by atoms with Crippen molar-refractivity contribution in [2.45, 2.75) is 52.9 Å². The number of rotatable bonds is 0. The van der Waals surface area contributed by atoms with Crippen molar-refractivity contribution in [2.75, 3.05) is 0 Å². The van der Waals surface area contributed by atoms with Crippen molar-refractivity contribution in [3.63, 3.8) is 0 Å². The van der Waals surface area contributed by atoms with E-state index in [2.05, 4.69) is 32.9 Å². The lowest BCUT2D eigenvalue weighted by Gasteiger charge is -2.40. The Bertz CT molecular complexity index is 498. The smallest absolute Gasteiger partial charge is 0.0701 e. The molecule has 0 N–H and O–H groups in total. The molecule has 90 valence electrons. The van der Waals surface area contributed by atoms with Crippen LogP contribution in [0.2, 0.25) is 0 Å². The first-order chi connectivity index (χ1) is 8.10. The first-order valence-corrected chi connectivity index (χ1v) is 6.78. The fourth-order valence-electron chi connectivity index (χ4n) is 3.56. The van der Waals surface area contributed by atoms with Crippen molar-refractivity contribution in [3.8, 4) is 0 Å². The zero-order valence-corrected chi connectivity index (χ0v) is 11.1. The van der Waals surface area contributed by atoms with Crippen LogP contribution >= 0.6 is 0 Å². The summed E-state index contributed by atoms with van der Waals surface area (Å²) in [6.07, 6.45) is 8.89. The van der Waals surface area contributed by atoms with Crippen LogP contribution in [-0.2, 0) is 6.42 Å². The third-order valence-corrected chi connectivity index (χ3v) is 4.59. The quantitative estimate of drug-likeness (QED) is 0.646. The molecule has 0 fully saturated rings. The molecule has 0 spiro atoms. The van der Waals surface area contributed by atoms with Crippen LogP contribution in [0.4, 0.5) is 0 Å². The van der Waals surface area contributed by atoms with Gasteiger partial charge in [0.25, 0.3) is 0 Å². The molecule has 3 rings (SSSR count). The molecule has 2 aliphatic carbocycles. The van der Waals surface area contributed by atoms with Crippen LogP contribution in [0.1, 0.15) is 55.1 Å². The van der Waals surface area contributed by atoms with E-state index in [1.165, 1.54) is 54.5 Å². The Balaban J connectivity index is 2.21. The third kappa shape index (κ3) is 1.64. The largest absolute Gasteiger partial charge is 0.253 e. The molecule has 0 aliphatic heterocycles. The zero-order chi connectivity index (χ0) is 12.0. The number of aromatic nitrogens is 1. The predicted molar refractivity (Wildman–Crippen MR) is 72.0 cm³/mol. The lowest BCUT2D eigenvalue weighted by atomic mass is 9.65. The van der Waals surface area contributed by atoms with Crippen molar-refractivity contribution < 1.29 is 0 Å². The molecule has 17 heavy (non-hydrogen) atoms. The first-order valence-electron chi connectivity index (χ1n) is 6.78. The summed E-state index contributed by atoms with van der Waals surface area (Å²) in [7, 11) is 0. The van der Waals surface area contributed by atoms with E-state index in [4.69, 9.17) is 4.98 Å². The lowest BCUT2D eigenvalue weighted by Crippen LogP contribution is -2.28. The van der Waals surface area contributed by atoms with Gasteiger partial charge in [-0.15, -0.1) is 0 Å². The molecule has 1 heterocycles. The second-order valence-electron chi connectivity index (χ2n) is 5.98. The Morgan fingerprint density at radius 3 is 2.88 bits per heavy atom. The number of nitrogens with zero attached hydrogens (tertiary/aromatic N) is 1. The van der Waals surface area contributed by atoms with E-state index in [1.807, 2.05) is 0 Å². The van der Waals surface area contributed by atoms with Gasteiger partial charge in [0.15, 0.2) is 0 Å². The average Bonchev–Trinajstić information content (AvgIpc) is 2.27. The Kier molecular flexibility index (Phi) is 2.39. The standard InChI is InChI=1S/C16H21N/c1-11-10-12(2)17-15-13(11)7-9-16(3)8-5-4-6-14(15)16/h6,10H,4-5,7-9H2,1-3H3/t16-/m1/s1. The van der Waals surface area contributed by atoms with Gasteiger partial charge in [0, 0.05) is 5.69 Å². The minimum atomic E-state index is 0.401. The molecule has 1 atom stereocenters. The molecule has 2 aliphatic rings. The molecule has 0 radical (unpaired) electrons. The average molecular weight is 227 g/mol. The molecular formula is C16H21N.